The van der Waals surface area contributed by atoms with Gasteiger partial charge in [-0.15, -0.1) is 0 Å². The molecule has 2 aromatic carbocycles. The number of aliphatic hydroxyl groups excluding tert-OH is 1. The summed E-state index contributed by atoms with van der Waals surface area (Å²) in [6, 6.07) is 6.04. The zero-order valence-corrected chi connectivity index (χ0v) is 25.9. The number of nitrogens with zero attached hydrogens (tertiary/aromatic N) is 2. The second kappa shape index (κ2) is 12.7. The Kier molecular flexibility index (Phi) is 9.44. The molecule has 0 aromatic heterocycles. The Balaban J connectivity index is 1.48. The topological polar surface area (TPSA) is 174 Å². The maximum atomic E-state index is 13.8. The summed E-state index contributed by atoms with van der Waals surface area (Å²) < 4.78 is 44.1. The van der Waals surface area contributed by atoms with Crippen molar-refractivity contribution in [1.82, 2.24) is 10.2 Å². The Bertz CT molecular complexity index is 1600. The van der Waals surface area contributed by atoms with Crippen molar-refractivity contribution in [2.24, 2.45) is 5.41 Å². The van der Waals surface area contributed by atoms with Gasteiger partial charge in [0.2, 0.25) is 17.7 Å². The van der Waals surface area contributed by atoms with Gasteiger partial charge in [0.25, 0.3) is 0 Å². The van der Waals surface area contributed by atoms with Gasteiger partial charge in [0.05, 0.1) is 5.56 Å². The molecule has 1 saturated heterocycles. The maximum absolute atomic E-state index is 13.8. The second-order valence-corrected chi connectivity index (χ2v) is 12.4. The number of halogens is 3. The fourth-order valence-corrected chi connectivity index (χ4v) is 5.53. The maximum Gasteiger partial charge on any atom is 0.416 e. The first-order valence-electron chi connectivity index (χ1n) is 14.5. The molecule has 0 bridgehead atoms. The first-order valence-corrected chi connectivity index (χ1v) is 14.5. The quantitative estimate of drug-likeness (QED) is 0.245. The number of benzene rings is 2. The predicted octanol–water partition coefficient (Wildman–Crippen LogP) is 3.24. The molecular formula is C32H34F3N3O9. The minimum Gasteiger partial charge on any atom is -0.478 e. The molecule has 2 aliphatic heterocycles. The van der Waals surface area contributed by atoms with E-state index in [4.69, 9.17) is 4.74 Å². The number of likely N-dealkylation sites (tertiary alicyclic amines) is 1. The van der Waals surface area contributed by atoms with Gasteiger partial charge in [0, 0.05) is 30.9 Å². The van der Waals surface area contributed by atoms with Gasteiger partial charge in [-0.05, 0) is 66.3 Å². The van der Waals surface area contributed by atoms with E-state index in [1.54, 1.807) is 20.8 Å². The van der Waals surface area contributed by atoms with Crippen LogP contribution in [-0.4, -0.2) is 81.2 Å². The first-order chi connectivity index (χ1) is 21.8. The number of nitrogens with one attached hydrogen (secondary N) is 1. The van der Waals surface area contributed by atoms with Crippen LogP contribution in [-0.2, 0) is 30.1 Å². The standard InChI is InChI=1S/C32H34F3N3O9/c1-30(2,3)24(27(42)38-15-5-6-21(38)26(41)37(4)19-11-9-18(10-12-19)32(33,34)35)36-23(39)14-8-17-7-13-22-20(16-17)25(40)31(47-22,28(43)44)29(45)46/h7-14,16,21,24-25,40H,5-6,15H2,1-4H3,(H,36,39)(H,43,44)(H,45,46)/t21-,24+,25?/m0/s1. The number of carboxylic acid groups (broad SMARTS) is 2. The van der Waals surface area contributed by atoms with Crippen molar-refractivity contribution >= 4 is 41.4 Å². The van der Waals surface area contributed by atoms with Gasteiger partial charge in [-0.2, -0.15) is 13.2 Å². The highest BCUT2D eigenvalue weighted by Crippen LogP contribution is 2.44. The molecule has 12 nitrogen and oxygen atoms in total. The molecule has 2 heterocycles. The van der Waals surface area contributed by atoms with Gasteiger partial charge < -0.3 is 35.2 Å². The van der Waals surface area contributed by atoms with Gasteiger partial charge in [0.1, 0.15) is 23.9 Å². The summed E-state index contributed by atoms with van der Waals surface area (Å²) in [4.78, 5) is 66.1. The highest BCUT2D eigenvalue weighted by Gasteiger charge is 2.61. The lowest BCUT2D eigenvalue weighted by molar-refractivity contribution is -0.180. The molecule has 3 amide bonds. The van der Waals surface area contributed by atoms with E-state index in [2.05, 4.69) is 5.32 Å². The number of hydrogen-bond acceptors (Lipinski definition) is 7. The molecular weight excluding hydrogens is 627 g/mol. The summed E-state index contributed by atoms with van der Waals surface area (Å²) in [7, 11) is 1.41. The number of rotatable bonds is 8. The number of alkyl halides is 3. The molecule has 2 aliphatic rings. The lowest BCUT2D eigenvalue weighted by Crippen LogP contribution is -2.57. The SMILES string of the molecule is CN(C(=O)[C@@H]1CCCN1C(=O)[C@@H](NC(=O)C=Cc1ccc2c(c1)C(O)C(C(=O)O)(C(=O)O)O2)C(C)(C)C)c1ccc(C(F)(F)F)cc1. The van der Waals surface area contributed by atoms with Crippen molar-refractivity contribution < 1.29 is 57.2 Å². The Morgan fingerprint density at radius 2 is 1.66 bits per heavy atom. The van der Waals surface area contributed by atoms with Gasteiger partial charge in [-0.1, -0.05) is 26.8 Å². The van der Waals surface area contributed by atoms with Crippen molar-refractivity contribution in [3.63, 3.8) is 0 Å². The molecule has 0 saturated carbocycles. The molecule has 2 aromatic rings. The smallest absolute Gasteiger partial charge is 0.416 e. The fourth-order valence-electron chi connectivity index (χ4n) is 5.53. The van der Waals surface area contributed by atoms with Crippen LogP contribution in [0.1, 0.15) is 56.4 Å². The summed E-state index contributed by atoms with van der Waals surface area (Å²) in [5.74, 6) is -5.64. The number of aliphatic carboxylic acids is 2. The molecule has 0 radical (unpaired) electrons. The Morgan fingerprint density at radius 1 is 1.04 bits per heavy atom. The number of carbonyl (C=O) groups excluding carboxylic acids is 3. The third-order valence-corrected chi connectivity index (χ3v) is 8.18. The van der Waals surface area contributed by atoms with E-state index in [9.17, 15) is 52.5 Å². The first kappa shape index (κ1) is 34.9. The molecule has 47 heavy (non-hydrogen) atoms. The average molecular weight is 662 g/mol. The summed E-state index contributed by atoms with van der Waals surface area (Å²) in [5.41, 5.74) is -4.20. The lowest BCUT2D eigenvalue weighted by atomic mass is 9.85. The molecule has 4 N–H and O–H groups in total. The van der Waals surface area contributed by atoms with E-state index in [1.165, 1.54) is 53.3 Å². The Morgan fingerprint density at radius 3 is 2.21 bits per heavy atom. The van der Waals surface area contributed by atoms with Crippen LogP contribution in [0.2, 0.25) is 0 Å². The molecule has 0 aliphatic carbocycles. The second-order valence-electron chi connectivity index (χ2n) is 12.4. The van der Waals surface area contributed by atoms with Gasteiger partial charge >= 0.3 is 23.7 Å². The van der Waals surface area contributed by atoms with Crippen molar-refractivity contribution in [3.8, 4) is 5.75 Å². The van der Waals surface area contributed by atoms with Gasteiger partial charge in [0.15, 0.2) is 0 Å². The van der Waals surface area contributed by atoms with Crippen molar-refractivity contribution in [2.45, 2.75) is 63.6 Å². The molecule has 15 heteroatoms. The molecule has 3 atom stereocenters. The van der Waals surface area contributed by atoms with Crippen LogP contribution in [0.3, 0.4) is 0 Å². The highest BCUT2D eigenvalue weighted by atomic mass is 19.4. The zero-order chi connectivity index (χ0) is 35.1. The number of aliphatic hydroxyl groups is 1. The molecule has 1 unspecified atom stereocenters. The number of carboxylic acids is 2. The number of hydrogen-bond donors (Lipinski definition) is 4. The predicted molar refractivity (Wildman–Crippen MR) is 160 cm³/mol. The van der Waals surface area contributed by atoms with E-state index in [0.29, 0.717) is 18.4 Å². The lowest BCUT2D eigenvalue weighted by Gasteiger charge is -2.36. The van der Waals surface area contributed by atoms with Crippen LogP contribution in [0.4, 0.5) is 18.9 Å². The molecule has 1 fully saturated rings. The third kappa shape index (κ3) is 6.80. The van der Waals surface area contributed by atoms with Crippen molar-refractivity contribution in [1.29, 1.82) is 0 Å². The van der Waals surface area contributed by atoms with Crippen LogP contribution in [0.5, 0.6) is 5.75 Å². The van der Waals surface area contributed by atoms with Gasteiger partial charge in [-0.3, -0.25) is 14.4 Å². The van der Waals surface area contributed by atoms with Crippen molar-refractivity contribution in [2.75, 3.05) is 18.5 Å². The van der Waals surface area contributed by atoms with Crippen LogP contribution < -0.4 is 15.0 Å². The molecule has 4 rings (SSSR count). The van der Waals surface area contributed by atoms with Crippen LogP contribution in [0.25, 0.3) is 6.08 Å². The summed E-state index contributed by atoms with van der Waals surface area (Å²) in [6.07, 6.45) is -3.34. The average Bonchev–Trinajstić information content (AvgIpc) is 3.60. The van der Waals surface area contributed by atoms with E-state index in [0.717, 1.165) is 18.2 Å². The summed E-state index contributed by atoms with van der Waals surface area (Å²) >= 11 is 0. The molecule has 0 spiro atoms. The van der Waals surface area contributed by atoms with E-state index in [1.807, 2.05) is 0 Å². The highest BCUT2D eigenvalue weighted by molar-refractivity contribution is 6.04. The zero-order valence-electron chi connectivity index (χ0n) is 25.9. The Labute approximate surface area is 267 Å². The number of likely N-dealkylation sites (N-methyl/N-ethyl adjacent to an activating group) is 1. The Hall–Kier alpha value is -4.92. The fraction of sp³-hybridized carbons (Fsp3) is 0.406. The third-order valence-electron chi connectivity index (χ3n) is 8.18. The summed E-state index contributed by atoms with van der Waals surface area (Å²) in [5, 5.41) is 32.0. The van der Waals surface area contributed by atoms with Crippen LogP contribution in [0, 0.1) is 5.41 Å². The van der Waals surface area contributed by atoms with E-state index >= 15 is 0 Å². The monoisotopic (exact) mass is 661 g/mol. The normalized spacial score (nSPS) is 19.5. The van der Waals surface area contributed by atoms with Crippen LogP contribution in [0.15, 0.2) is 48.5 Å². The molecule has 252 valence electrons. The summed E-state index contributed by atoms with van der Waals surface area (Å²) in [6.45, 7) is 5.39. The number of amides is 3. The van der Waals surface area contributed by atoms with Crippen LogP contribution >= 0.6 is 0 Å². The van der Waals surface area contributed by atoms with Crippen molar-refractivity contribution in [3.05, 3.63) is 65.2 Å². The number of carbonyl (C=O) groups is 5. The van der Waals surface area contributed by atoms with Gasteiger partial charge in [-0.25, -0.2) is 9.59 Å². The minimum atomic E-state index is -4.53. The van der Waals surface area contributed by atoms with E-state index < -0.39 is 70.6 Å². The largest absolute Gasteiger partial charge is 0.478 e. The number of ether oxygens (including phenoxy) is 1. The number of fused-ring (bicyclic) bond motifs is 1. The van der Waals surface area contributed by atoms with E-state index in [-0.39, 0.29) is 23.5 Å². The minimum absolute atomic E-state index is 0.105. The number of anilines is 1.